The van der Waals surface area contributed by atoms with Gasteiger partial charge in [-0.2, -0.15) is 0 Å². The number of aromatic nitrogens is 2. The summed E-state index contributed by atoms with van der Waals surface area (Å²) in [7, 11) is 0. The molecule has 35 heavy (non-hydrogen) atoms. The Morgan fingerprint density at radius 2 is 1.74 bits per heavy atom. The number of rotatable bonds is 3. The maximum Gasteiger partial charge on any atom is 0.327 e. The van der Waals surface area contributed by atoms with Crippen molar-refractivity contribution < 1.29 is 14.3 Å². The van der Waals surface area contributed by atoms with Crippen LogP contribution in [0.15, 0.2) is 48.5 Å². The maximum atomic E-state index is 13.4. The molecule has 182 valence electrons. The number of nitrogens with zero attached hydrogens (tertiary/aromatic N) is 4. The van der Waals surface area contributed by atoms with Gasteiger partial charge in [0.2, 0.25) is 0 Å². The van der Waals surface area contributed by atoms with E-state index in [-0.39, 0.29) is 6.03 Å². The predicted octanol–water partition coefficient (Wildman–Crippen LogP) is 4.81. The molecule has 1 N–H and O–H groups in total. The molecule has 0 bridgehead atoms. The lowest BCUT2D eigenvalue weighted by Gasteiger charge is -2.38. The van der Waals surface area contributed by atoms with Crippen molar-refractivity contribution in [2.75, 3.05) is 48.0 Å². The molecule has 0 saturated carbocycles. The molecule has 1 fully saturated rings. The number of anilines is 3. The van der Waals surface area contributed by atoms with Crippen molar-refractivity contribution in [3.8, 4) is 17.0 Å². The van der Waals surface area contributed by atoms with Gasteiger partial charge >= 0.3 is 6.03 Å². The Morgan fingerprint density at radius 1 is 1.00 bits per heavy atom. The van der Waals surface area contributed by atoms with E-state index in [0.29, 0.717) is 23.8 Å². The van der Waals surface area contributed by atoms with Gasteiger partial charge in [0, 0.05) is 41.4 Å². The third kappa shape index (κ3) is 5.07. The van der Waals surface area contributed by atoms with Crippen LogP contribution in [0, 0.1) is 13.8 Å². The van der Waals surface area contributed by atoms with Gasteiger partial charge in [-0.3, -0.25) is 9.88 Å². The highest BCUT2D eigenvalue weighted by Gasteiger charge is 2.36. The highest BCUT2D eigenvalue weighted by atomic mass is 16.5. The summed E-state index contributed by atoms with van der Waals surface area (Å²) in [6.07, 6.45) is 0. The van der Waals surface area contributed by atoms with E-state index in [1.807, 2.05) is 64.1 Å². The van der Waals surface area contributed by atoms with Gasteiger partial charge in [0.1, 0.15) is 5.60 Å². The fourth-order valence-electron chi connectivity index (χ4n) is 4.60. The fraction of sp³-hybridized carbons (Fsp3) is 0.370. The molecule has 0 aliphatic carbocycles. The lowest BCUT2D eigenvalue weighted by molar-refractivity contribution is 0.106. The zero-order valence-corrected chi connectivity index (χ0v) is 20.7. The van der Waals surface area contributed by atoms with E-state index < -0.39 is 5.60 Å². The second kappa shape index (κ2) is 9.19. The number of amides is 2. The minimum absolute atomic E-state index is 0.251. The van der Waals surface area contributed by atoms with Gasteiger partial charge in [-0.15, -0.1) is 0 Å². The average molecular weight is 474 g/mol. The first kappa shape index (κ1) is 23.1. The van der Waals surface area contributed by atoms with E-state index in [9.17, 15) is 4.79 Å². The zero-order valence-electron chi connectivity index (χ0n) is 20.7. The molecule has 2 amide bonds. The molecular formula is C27H31N5O3. The molecule has 1 aromatic carbocycles. The molecule has 0 unspecified atom stereocenters. The van der Waals surface area contributed by atoms with Crippen LogP contribution in [0.25, 0.3) is 11.3 Å². The minimum Gasteiger partial charge on any atom is -0.482 e. The first-order valence-electron chi connectivity index (χ1n) is 11.9. The summed E-state index contributed by atoms with van der Waals surface area (Å²) in [5, 5.41) is 3.02. The number of carbonyl (C=O) groups excluding carboxylic acids is 1. The molecule has 2 aliphatic heterocycles. The molecule has 2 aromatic heterocycles. The van der Waals surface area contributed by atoms with Gasteiger partial charge < -0.3 is 19.7 Å². The van der Waals surface area contributed by atoms with Crippen LogP contribution in [0.1, 0.15) is 25.2 Å². The summed E-state index contributed by atoms with van der Waals surface area (Å²) in [6, 6.07) is 15.7. The SMILES string of the molecule is Cc1cc(NC(=O)N2CC(C)(C)Oc3ccc(-c4cccc(N5CCOCC5)c4)nc32)cc(C)n1. The van der Waals surface area contributed by atoms with Gasteiger partial charge in [0.15, 0.2) is 11.6 Å². The summed E-state index contributed by atoms with van der Waals surface area (Å²) in [6.45, 7) is 11.3. The van der Waals surface area contributed by atoms with Crippen molar-refractivity contribution in [2.24, 2.45) is 0 Å². The van der Waals surface area contributed by atoms with E-state index in [1.165, 1.54) is 0 Å². The van der Waals surface area contributed by atoms with Crippen molar-refractivity contribution in [3.05, 3.63) is 59.9 Å². The van der Waals surface area contributed by atoms with Crippen LogP contribution in [0.5, 0.6) is 5.75 Å². The van der Waals surface area contributed by atoms with Crippen LogP contribution < -0.4 is 19.9 Å². The Morgan fingerprint density at radius 3 is 2.49 bits per heavy atom. The minimum atomic E-state index is -0.548. The number of hydrogen-bond donors (Lipinski definition) is 1. The normalized spacial score (nSPS) is 16.9. The Labute approximate surface area is 205 Å². The molecule has 5 rings (SSSR count). The highest BCUT2D eigenvalue weighted by molar-refractivity contribution is 6.02. The van der Waals surface area contributed by atoms with Gasteiger partial charge in [-0.05, 0) is 64.1 Å². The van der Waals surface area contributed by atoms with Crippen molar-refractivity contribution in [3.63, 3.8) is 0 Å². The third-order valence-electron chi connectivity index (χ3n) is 6.12. The summed E-state index contributed by atoms with van der Waals surface area (Å²) in [4.78, 5) is 26.7. The van der Waals surface area contributed by atoms with Crippen LogP contribution in [0.4, 0.5) is 22.0 Å². The molecule has 3 aromatic rings. The van der Waals surface area contributed by atoms with Gasteiger partial charge in [0.25, 0.3) is 0 Å². The molecule has 4 heterocycles. The third-order valence-corrected chi connectivity index (χ3v) is 6.12. The summed E-state index contributed by atoms with van der Waals surface area (Å²) < 4.78 is 11.7. The number of nitrogens with one attached hydrogen (secondary N) is 1. The van der Waals surface area contributed by atoms with Crippen LogP contribution in [-0.2, 0) is 4.74 Å². The van der Waals surface area contributed by atoms with E-state index in [2.05, 4.69) is 27.3 Å². The maximum absolute atomic E-state index is 13.4. The zero-order chi connectivity index (χ0) is 24.6. The highest BCUT2D eigenvalue weighted by Crippen LogP contribution is 2.38. The van der Waals surface area contributed by atoms with E-state index in [0.717, 1.165) is 54.6 Å². The quantitative estimate of drug-likeness (QED) is 0.588. The number of fused-ring (bicyclic) bond motifs is 1. The van der Waals surface area contributed by atoms with Gasteiger partial charge in [0.05, 0.1) is 25.5 Å². The number of carbonyl (C=O) groups is 1. The van der Waals surface area contributed by atoms with Crippen molar-refractivity contribution in [1.82, 2.24) is 9.97 Å². The number of urea groups is 1. The van der Waals surface area contributed by atoms with E-state index in [4.69, 9.17) is 14.5 Å². The van der Waals surface area contributed by atoms with Gasteiger partial charge in [-0.25, -0.2) is 9.78 Å². The van der Waals surface area contributed by atoms with Crippen molar-refractivity contribution >= 4 is 23.2 Å². The first-order valence-corrected chi connectivity index (χ1v) is 11.9. The molecule has 8 nitrogen and oxygen atoms in total. The number of hydrogen-bond acceptors (Lipinski definition) is 6. The number of morpholine rings is 1. The Kier molecular flexibility index (Phi) is 6.06. The summed E-state index contributed by atoms with van der Waals surface area (Å²) >= 11 is 0. The molecule has 0 radical (unpaired) electrons. The van der Waals surface area contributed by atoms with Crippen LogP contribution in [0.3, 0.4) is 0 Å². The second-order valence-corrected chi connectivity index (χ2v) is 9.68. The Bertz CT molecular complexity index is 1230. The first-order chi connectivity index (χ1) is 16.8. The number of aryl methyl sites for hydroxylation is 2. The smallest absolute Gasteiger partial charge is 0.327 e. The number of benzene rings is 1. The fourth-order valence-corrected chi connectivity index (χ4v) is 4.60. The van der Waals surface area contributed by atoms with Crippen molar-refractivity contribution in [2.45, 2.75) is 33.3 Å². The van der Waals surface area contributed by atoms with Crippen LogP contribution >= 0.6 is 0 Å². The number of pyridine rings is 2. The van der Waals surface area contributed by atoms with Crippen LogP contribution in [0.2, 0.25) is 0 Å². The predicted molar refractivity (Wildman–Crippen MR) is 137 cm³/mol. The topological polar surface area (TPSA) is 79.8 Å². The molecule has 1 saturated heterocycles. The second-order valence-electron chi connectivity index (χ2n) is 9.68. The summed E-state index contributed by atoms with van der Waals surface area (Å²) in [5.41, 5.74) is 4.78. The Hall–Kier alpha value is -3.65. The molecule has 2 aliphatic rings. The molecule has 0 spiro atoms. The monoisotopic (exact) mass is 473 g/mol. The molecule has 8 heteroatoms. The number of ether oxygens (including phenoxy) is 2. The standard InChI is InChI=1S/C27H31N5O3/c1-18-14-21(15-19(2)28-18)29-26(33)32-17-27(3,4)35-24-9-8-23(30-25(24)32)20-6-5-7-22(16-20)31-10-12-34-13-11-31/h5-9,14-16H,10-13,17H2,1-4H3,(H,28,29,33). The lowest BCUT2D eigenvalue weighted by atomic mass is 10.1. The van der Waals surface area contributed by atoms with Gasteiger partial charge in [-0.1, -0.05) is 12.1 Å². The average Bonchev–Trinajstić information content (AvgIpc) is 2.83. The summed E-state index contributed by atoms with van der Waals surface area (Å²) in [5.74, 6) is 1.10. The molecule has 0 atom stereocenters. The van der Waals surface area contributed by atoms with E-state index in [1.54, 1.807) is 4.90 Å². The molecular weight excluding hydrogens is 442 g/mol. The van der Waals surface area contributed by atoms with E-state index >= 15 is 0 Å². The largest absolute Gasteiger partial charge is 0.482 e. The lowest BCUT2D eigenvalue weighted by Crippen LogP contribution is -2.51. The van der Waals surface area contributed by atoms with Crippen molar-refractivity contribution in [1.29, 1.82) is 0 Å². The Balaban J connectivity index is 1.47. The van der Waals surface area contributed by atoms with Crippen LogP contribution in [-0.4, -0.2) is 54.4 Å².